The molecule has 8 heteroatoms. The van der Waals surface area contributed by atoms with E-state index in [0.717, 1.165) is 22.5 Å². The van der Waals surface area contributed by atoms with E-state index in [1.165, 1.54) is 9.71 Å². The maximum Gasteiger partial charge on any atom is 0.240 e. The lowest BCUT2D eigenvalue weighted by Gasteiger charge is -2.21. The molecule has 1 aromatic heterocycles. The van der Waals surface area contributed by atoms with E-state index in [1.807, 2.05) is 81.4 Å². The van der Waals surface area contributed by atoms with Gasteiger partial charge in [0, 0.05) is 23.4 Å². The van der Waals surface area contributed by atoms with Crippen LogP contribution in [0.3, 0.4) is 0 Å². The lowest BCUT2D eigenvalue weighted by atomic mass is 9.92. The number of amides is 1. The first-order valence-corrected chi connectivity index (χ1v) is 14.1. The van der Waals surface area contributed by atoms with Gasteiger partial charge in [0.05, 0.1) is 17.9 Å². The van der Waals surface area contributed by atoms with Crippen LogP contribution in [0.25, 0.3) is 11.8 Å². The Morgan fingerprint density at radius 2 is 1.73 bits per heavy atom. The van der Waals surface area contributed by atoms with Gasteiger partial charge in [0.2, 0.25) is 15.9 Å². The fourth-order valence-electron chi connectivity index (χ4n) is 3.68. The van der Waals surface area contributed by atoms with E-state index in [0.29, 0.717) is 12.2 Å². The van der Waals surface area contributed by atoms with Crippen LogP contribution in [0.5, 0.6) is 0 Å². The molecular formula is C29H38N4O3S. The molecule has 1 amide bonds. The van der Waals surface area contributed by atoms with E-state index in [1.54, 1.807) is 10.8 Å². The molecule has 1 N–H and O–H groups in total. The Bertz CT molecular complexity index is 1340. The molecule has 3 aromatic rings. The van der Waals surface area contributed by atoms with Gasteiger partial charge in [0.1, 0.15) is 5.82 Å². The van der Waals surface area contributed by atoms with Gasteiger partial charge in [0.15, 0.2) is 0 Å². The predicted octanol–water partition coefficient (Wildman–Crippen LogP) is 5.77. The predicted molar refractivity (Wildman–Crippen MR) is 151 cm³/mol. The quantitative estimate of drug-likeness (QED) is 0.367. The van der Waals surface area contributed by atoms with Gasteiger partial charge >= 0.3 is 0 Å². The monoisotopic (exact) mass is 522 g/mol. The van der Waals surface area contributed by atoms with Crippen LogP contribution in [0, 0.1) is 12.8 Å². The Balaban J connectivity index is 1.88. The van der Waals surface area contributed by atoms with Gasteiger partial charge in [-0.3, -0.25) is 4.79 Å². The molecule has 0 aliphatic rings. The largest absolute Gasteiger partial charge is 0.309 e. The number of para-hydroxylation sites is 1. The Labute approximate surface area is 221 Å². The number of carbonyl (C=O) groups excluding carboxylic acids is 1. The molecule has 7 nitrogen and oxygen atoms in total. The lowest BCUT2D eigenvalue weighted by Crippen LogP contribution is -2.38. The Kier molecular flexibility index (Phi) is 9.10. The Hall–Kier alpha value is -3.23. The second kappa shape index (κ2) is 11.9. The first-order chi connectivity index (χ1) is 17.4. The Morgan fingerprint density at radius 1 is 1.08 bits per heavy atom. The number of aromatic nitrogens is 2. The molecule has 1 heterocycles. The molecule has 0 fully saturated rings. The zero-order chi connectivity index (χ0) is 27.2. The summed E-state index contributed by atoms with van der Waals surface area (Å²) in [4.78, 5) is 13.2. The van der Waals surface area contributed by atoms with Gasteiger partial charge in [-0.05, 0) is 42.5 Å². The summed E-state index contributed by atoms with van der Waals surface area (Å²) in [6.45, 7) is 12.2. The first-order valence-electron chi connectivity index (χ1n) is 12.6. The minimum absolute atomic E-state index is 0.234. The number of rotatable bonds is 10. The fraction of sp³-hybridized carbons (Fsp3) is 0.379. The average molecular weight is 523 g/mol. The second-order valence-corrected chi connectivity index (χ2v) is 12.5. The number of aryl methyl sites for hydroxylation is 1. The van der Waals surface area contributed by atoms with Crippen LogP contribution in [0.2, 0.25) is 0 Å². The van der Waals surface area contributed by atoms with Crippen molar-refractivity contribution in [1.29, 1.82) is 0 Å². The maximum atomic E-state index is 13.2. The van der Waals surface area contributed by atoms with Crippen LogP contribution < -0.4 is 5.32 Å². The molecule has 198 valence electrons. The normalized spacial score (nSPS) is 12.5. The van der Waals surface area contributed by atoms with E-state index in [-0.39, 0.29) is 24.4 Å². The topological polar surface area (TPSA) is 84.3 Å². The van der Waals surface area contributed by atoms with Gasteiger partial charge in [-0.25, -0.2) is 13.1 Å². The van der Waals surface area contributed by atoms with E-state index >= 15 is 0 Å². The van der Waals surface area contributed by atoms with Crippen LogP contribution >= 0.6 is 0 Å². The number of carbonyl (C=O) groups is 1. The number of nitrogens with one attached hydrogen (secondary N) is 1. The molecule has 0 saturated heterocycles. The van der Waals surface area contributed by atoms with Gasteiger partial charge < -0.3 is 5.32 Å². The van der Waals surface area contributed by atoms with Crippen molar-refractivity contribution in [2.24, 2.45) is 5.92 Å². The zero-order valence-corrected chi connectivity index (χ0v) is 23.4. The summed E-state index contributed by atoms with van der Waals surface area (Å²) in [5, 5.41) is 8.87. The molecule has 0 atom stereocenters. The van der Waals surface area contributed by atoms with Crippen molar-refractivity contribution < 1.29 is 13.2 Å². The minimum atomic E-state index is -3.82. The molecule has 0 bridgehead atoms. The standard InChI is InChI=1S/C29H38N4O3S/c1-22(2)16-18-32(37(35,36)19-17-24-13-8-7-9-14-24)21-28(34)30-27-20-26(29(4,5)6)31-33(27)25-15-11-10-12-23(25)3/h7-15,17,19-20,22H,16,18,21H2,1-6H3,(H,30,34). The van der Waals surface area contributed by atoms with Gasteiger partial charge in [-0.2, -0.15) is 9.40 Å². The van der Waals surface area contributed by atoms with Crippen molar-refractivity contribution in [2.45, 2.75) is 53.4 Å². The summed E-state index contributed by atoms with van der Waals surface area (Å²) in [6.07, 6.45) is 2.19. The molecule has 37 heavy (non-hydrogen) atoms. The van der Waals surface area contributed by atoms with Crippen molar-refractivity contribution >= 4 is 27.8 Å². The van der Waals surface area contributed by atoms with Crippen molar-refractivity contribution in [3.05, 3.63) is 82.9 Å². The SMILES string of the molecule is Cc1ccccc1-n1nc(C(C)(C)C)cc1NC(=O)CN(CCC(C)C)S(=O)(=O)C=Cc1ccccc1. The third-order valence-electron chi connectivity index (χ3n) is 5.96. The highest BCUT2D eigenvalue weighted by Gasteiger charge is 2.25. The molecule has 2 aromatic carbocycles. The van der Waals surface area contributed by atoms with E-state index in [9.17, 15) is 13.2 Å². The molecule has 0 aliphatic carbocycles. The van der Waals surface area contributed by atoms with Crippen LogP contribution in [0.1, 0.15) is 57.9 Å². The minimum Gasteiger partial charge on any atom is -0.309 e. The van der Waals surface area contributed by atoms with Crippen LogP contribution in [0.15, 0.2) is 66.1 Å². The summed E-state index contributed by atoms with van der Waals surface area (Å²) in [6, 6.07) is 18.9. The number of anilines is 1. The van der Waals surface area contributed by atoms with Crippen LogP contribution in [-0.2, 0) is 20.2 Å². The van der Waals surface area contributed by atoms with Crippen LogP contribution in [-0.4, -0.2) is 41.5 Å². The highest BCUT2D eigenvalue weighted by atomic mass is 32.2. The third kappa shape index (κ3) is 7.87. The van der Waals surface area contributed by atoms with E-state index in [4.69, 9.17) is 5.10 Å². The maximum absolute atomic E-state index is 13.2. The first kappa shape index (κ1) is 28.3. The molecule has 0 aliphatic heterocycles. The van der Waals surface area contributed by atoms with Crippen LogP contribution in [0.4, 0.5) is 5.82 Å². The number of hydrogen-bond acceptors (Lipinski definition) is 4. The fourth-order valence-corrected chi connectivity index (χ4v) is 4.84. The Morgan fingerprint density at radius 3 is 2.35 bits per heavy atom. The van der Waals surface area contributed by atoms with E-state index in [2.05, 4.69) is 26.1 Å². The zero-order valence-electron chi connectivity index (χ0n) is 22.6. The highest BCUT2D eigenvalue weighted by Crippen LogP contribution is 2.27. The van der Waals surface area contributed by atoms with Crippen molar-refractivity contribution in [1.82, 2.24) is 14.1 Å². The number of sulfonamides is 1. The summed E-state index contributed by atoms with van der Waals surface area (Å²) in [7, 11) is -3.82. The summed E-state index contributed by atoms with van der Waals surface area (Å²) < 4.78 is 29.4. The average Bonchev–Trinajstić information content (AvgIpc) is 3.25. The molecular weight excluding hydrogens is 484 g/mol. The molecule has 0 spiro atoms. The van der Waals surface area contributed by atoms with Crippen molar-refractivity contribution in [2.75, 3.05) is 18.4 Å². The molecule has 3 rings (SSSR count). The summed E-state index contributed by atoms with van der Waals surface area (Å²) in [5.41, 5.74) is 3.22. The third-order valence-corrected chi connectivity index (χ3v) is 7.47. The number of hydrogen-bond donors (Lipinski definition) is 1. The van der Waals surface area contributed by atoms with Gasteiger partial charge in [0.25, 0.3) is 0 Å². The number of benzene rings is 2. The highest BCUT2D eigenvalue weighted by molar-refractivity contribution is 7.92. The second-order valence-electron chi connectivity index (χ2n) is 10.7. The molecule has 0 radical (unpaired) electrons. The summed E-state index contributed by atoms with van der Waals surface area (Å²) in [5.74, 6) is 0.372. The lowest BCUT2D eigenvalue weighted by molar-refractivity contribution is -0.116. The smallest absolute Gasteiger partial charge is 0.240 e. The van der Waals surface area contributed by atoms with Gasteiger partial charge in [-0.1, -0.05) is 83.1 Å². The number of nitrogens with zero attached hydrogens (tertiary/aromatic N) is 3. The van der Waals surface area contributed by atoms with E-state index < -0.39 is 15.9 Å². The molecule has 0 unspecified atom stereocenters. The van der Waals surface area contributed by atoms with Gasteiger partial charge in [-0.15, -0.1) is 0 Å². The summed E-state index contributed by atoms with van der Waals surface area (Å²) >= 11 is 0. The molecule has 0 saturated carbocycles. The van der Waals surface area contributed by atoms with Crippen molar-refractivity contribution in [3.8, 4) is 5.69 Å². The van der Waals surface area contributed by atoms with Crippen molar-refractivity contribution in [3.63, 3.8) is 0 Å².